The van der Waals surface area contributed by atoms with Crippen molar-refractivity contribution in [2.75, 3.05) is 13.1 Å². The Morgan fingerprint density at radius 2 is 1.89 bits per heavy atom. The summed E-state index contributed by atoms with van der Waals surface area (Å²) in [5.74, 6) is -1.56. The topological polar surface area (TPSA) is 129 Å². The van der Waals surface area contributed by atoms with Crippen LogP contribution in [0.15, 0.2) is 23.2 Å². The Morgan fingerprint density at radius 3 is 2.52 bits per heavy atom. The molecular weight excluding hydrogens is 344 g/mol. The highest BCUT2D eigenvalue weighted by atomic mass is 16.4. The number of piperidine rings is 1. The minimum atomic E-state index is -1.02. The predicted molar refractivity (Wildman–Crippen MR) is 103 cm³/mol. The van der Waals surface area contributed by atoms with Gasteiger partial charge in [0.1, 0.15) is 0 Å². The number of carboxylic acid groups (broad SMARTS) is 1. The lowest BCUT2D eigenvalue weighted by Gasteiger charge is -2.36. The molecule has 1 aromatic rings. The molecular formula is C19H28N6O2. The summed E-state index contributed by atoms with van der Waals surface area (Å²) < 4.78 is 0. The van der Waals surface area contributed by atoms with Crippen molar-refractivity contribution < 1.29 is 9.90 Å². The van der Waals surface area contributed by atoms with Crippen LogP contribution in [0.4, 0.5) is 0 Å². The second kappa shape index (κ2) is 7.10. The quantitative estimate of drug-likeness (QED) is 0.480. The summed E-state index contributed by atoms with van der Waals surface area (Å²) in [5, 5.41) is 9.20. The zero-order valence-electron chi connectivity index (χ0n) is 15.4. The van der Waals surface area contributed by atoms with Crippen LogP contribution in [0.3, 0.4) is 0 Å². The first-order chi connectivity index (χ1) is 12.9. The van der Waals surface area contributed by atoms with Gasteiger partial charge in [-0.2, -0.15) is 5.43 Å². The number of benzene rings is 1. The molecule has 1 aromatic carbocycles. The lowest BCUT2D eigenvalue weighted by atomic mass is 9.94. The van der Waals surface area contributed by atoms with Crippen LogP contribution in [-0.2, 0) is 23.4 Å². The lowest BCUT2D eigenvalue weighted by Crippen LogP contribution is -2.50. The maximum absolute atomic E-state index is 11.2. The van der Waals surface area contributed by atoms with Gasteiger partial charge in [-0.25, -0.2) is 4.99 Å². The van der Waals surface area contributed by atoms with E-state index >= 15 is 0 Å². The van der Waals surface area contributed by atoms with Gasteiger partial charge in [0.25, 0.3) is 0 Å². The van der Waals surface area contributed by atoms with E-state index in [2.05, 4.69) is 32.9 Å². The van der Waals surface area contributed by atoms with Gasteiger partial charge in [0.2, 0.25) is 11.7 Å². The van der Waals surface area contributed by atoms with E-state index in [0.29, 0.717) is 6.04 Å². The minimum absolute atomic E-state index is 0.173. The fourth-order valence-corrected chi connectivity index (χ4v) is 4.55. The molecule has 146 valence electrons. The Balaban J connectivity index is 1.44. The Hall–Kier alpha value is -2.16. The molecule has 2 unspecified atom stereocenters. The molecule has 8 nitrogen and oxygen atoms in total. The SMILES string of the molecule is NC1=NC(N)(c2ccc3c(c2)CCC(N2CCC(C(=O)O)CC2)CC3)NN1. The number of nitrogens with zero attached hydrogens (tertiary/aromatic N) is 2. The lowest BCUT2D eigenvalue weighted by molar-refractivity contribution is -0.143. The molecule has 2 heterocycles. The number of aryl methyl sites for hydroxylation is 2. The average molecular weight is 372 g/mol. The van der Waals surface area contributed by atoms with Crippen molar-refractivity contribution in [3.8, 4) is 0 Å². The number of nitrogens with one attached hydrogen (secondary N) is 2. The number of hydrogen-bond acceptors (Lipinski definition) is 7. The van der Waals surface area contributed by atoms with Gasteiger partial charge in [-0.3, -0.25) is 16.0 Å². The first kappa shape index (κ1) is 18.2. The van der Waals surface area contributed by atoms with Gasteiger partial charge in [-0.15, -0.1) is 0 Å². The number of hydrazine groups is 1. The van der Waals surface area contributed by atoms with Gasteiger partial charge in [-0.1, -0.05) is 18.2 Å². The van der Waals surface area contributed by atoms with E-state index in [9.17, 15) is 9.90 Å². The fourth-order valence-electron chi connectivity index (χ4n) is 4.55. The number of guanidine groups is 1. The van der Waals surface area contributed by atoms with E-state index in [-0.39, 0.29) is 11.9 Å². The summed E-state index contributed by atoms with van der Waals surface area (Å²) in [7, 11) is 0. The van der Waals surface area contributed by atoms with Crippen LogP contribution in [-0.4, -0.2) is 41.1 Å². The summed E-state index contributed by atoms with van der Waals surface area (Å²) in [4.78, 5) is 17.9. The summed E-state index contributed by atoms with van der Waals surface area (Å²) in [6.07, 6.45) is 5.75. The molecule has 3 aliphatic rings. The second-order valence-electron chi connectivity index (χ2n) is 7.88. The molecule has 0 amide bonds. The molecule has 1 aliphatic carbocycles. The highest BCUT2D eigenvalue weighted by Crippen LogP contribution is 2.30. The van der Waals surface area contributed by atoms with E-state index < -0.39 is 11.8 Å². The maximum atomic E-state index is 11.2. The molecule has 2 atom stereocenters. The fraction of sp³-hybridized carbons (Fsp3) is 0.579. The molecule has 2 aliphatic heterocycles. The number of carbonyl (C=O) groups is 1. The molecule has 1 fully saturated rings. The first-order valence-corrected chi connectivity index (χ1v) is 9.71. The number of carboxylic acids is 1. The molecule has 0 saturated carbocycles. The van der Waals surface area contributed by atoms with Gasteiger partial charge in [0.15, 0.2) is 0 Å². The molecule has 0 bridgehead atoms. The predicted octanol–water partition coefficient (Wildman–Crippen LogP) is 0.222. The van der Waals surface area contributed by atoms with Gasteiger partial charge < -0.3 is 15.7 Å². The van der Waals surface area contributed by atoms with E-state index in [1.165, 1.54) is 11.1 Å². The third-order valence-electron chi connectivity index (χ3n) is 6.21. The number of fused-ring (bicyclic) bond motifs is 1. The largest absolute Gasteiger partial charge is 0.481 e. The van der Waals surface area contributed by atoms with E-state index in [4.69, 9.17) is 11.5 Å². The van der Waals surface area contributed by atoms with Gasteiger partial charge in [0, 0.05) is 11.6 Å². The van der Waals surface area contributed by atoms with Gasteiger partial charge >= 0.3 is 5.97 Å². The van der Waals surface area contributed by atoms with Crippen LogP contribution in [0.25, 0.3) is 0 Å². The van der Waals surface area contributed by atoms with Crippen molar-refractivity contribution in [2.45, 2.75) is 50.4 Å². The zero-order valence-corrected chi connectivity index (χ0v) is 15.4. The Bertz CT molecular complexity index is 759. The number of aliphatic imine (C=N–C) groups is 1. The monoisotopic (exact) mass is 372 g/mol. The van der Waals surface area contributed by atoms with Crippen LogP contribution in [0.2, 0.25) is 0 Å². The molecule has 0 spiro atoms. The van der Waals surface area contributed by atoms with Crippen molar-refractivity contribution in [2.24, 2.45) is 22.4 Å². The van der Waals surface area contributed by atoms with E-state index in [1.807, 2.05) is 6.07 Å². The Labute approximate surface area is 159 Å². The van der Waals surface area contributed by atoms with Crippen molar-refractivity contribution in [1.29, 1.82) is 0 Å². The number of rotatable bonds is 3. The van der Waals surface area contributed by atoms with E-state index in [1.54, 1.807) is 0 Å². The highest BCUT2D eigenvalue weighted by Gasteiger charge is 2.33. The van der Waals surface area contributed by atoms with Crippen LogP contribution >= 0.6 is 0 Å². The zero-order chi connectivity index (χ0) is 19.0. The minimum Gasteiger partial charge on any atom is -0.481 e. The first-order valence-electron chi connectivity index (χ1n) is 9.71. The van der Waals surface area contributed by atoms with Crippen LogP contribution < -0.4 is 22.3 Å². The van der Waals surface area contributed by atoms with Gasteiger partial charge in [0.05, 0.1) is 5.92 Å². The third-order valence-corrected chi connectivity index (χ3v) is 6.21. The number of aliphatic carboxylic acids is 1. The number of hydrogen-bond donors (Lipinski definition) is 5. The summed E-state index contributed by atoms with van der Waals surface area (Å²) in [5.41, 5.74) is 21.3. The molecule has 1 saturated heterocycles. The Kier molecular flexibility index (Phi) is 4.79. The molecule has 0 radical (unpaired) electrons. The summed E-state index contributed by atoms with van der Waals surface area (Å²) >= 11 is 0. The van der Waals surface area contributed by atoms with E-state index in [0.717, 1.165) is 57.2 Å². The van der Waals surface area contributed by atoms with Crippen molar-refractivity contribution in [1.82, 2.24) is 15.8 Å². The second-order valence-corrected chi connectivity index (χ2v) is 7.88. The van der Waals surface area contributed by atoms with Crippen molar-refractivity contribution >= 4 is 11.9 Å². The smallest absolute Gasteiger partial charge is 0.306 e. The number of likely N-dealkylation sites (tertiary alicyclic amines) is 1. The van der Waals surface area contributed by atoms with Crippen molar-refractivity contribution in [3.05, 3.63) is 34.9 Å². The normalized spacial score (nSPS) is 29.5. The standard InChI is InChI=1S/C19H28N6O2/c20-18-22-19(21,24-23-18)15-4-1-12-2-5-16(6-3-14(12)11-15)25-9-7-13(8-10-25)17(26)27/h1,4,11,13,16,24H,2-3,5-10,21H2,(H,26,27)(H3,20,22,23). The number of nitrogens with two attached hydrogens (primary N) is 2. The average Bonchev–Trinajstić information content (AvgIpc) is 2.89. The molecule has 27 heavy (non-hydrogen) atoms. The van der Waals surface area contributed by atoms with Crippen LogP contribution in [0.1, 0.15) is 42.4 Å². The Morgan fingerprint density at radius 1 is 1.19 bits per heavy atom. The van der Waals surface area contributed by atoms with Crippen LogP contribution in [0.5, 0.6) is 0 Å². The van der Waals surface area contributed by atoms with Crippen molar-refractivity contribution in [3.63, 3.8) is 0 Å². The molecule has 7 N–H and O–H groups in total. The summed E-state index contributed by atoms with van der Waals surface area (Å²) in [6.45, 7) is 1.78. The molecule has 0 aromatic heterocycles. The highest BCUT2D eigenvalue weighted by molar-refractivity contribution is 5.79. The third kappa shape index (κ3) is 3.65. The van der Waals surface area contributed by atoms with Crippen LogP contribution in [0, 0.1) is 5.92 Å². The molecule has 8 heteroatoms. The van der Waals surface area contributed by atoms with Gasteiger partial charge in [-0.05, 0) is 62.7 Å². The molecule has 4 rings (SSSR count). The maximum Gasteiger partial charge on any atom is 0.306 e. The summed E-state index contributed by atoms with van der Waals surface area (Å²) in [6, 6.07) is 6.84.